The molecule has 3 aromatic heterocycles. The standard InChI is InChI=1S/C29H34N6O3/c1-18(2)35-27-25(16-31-35)23(28(36)30-15-24-19(3)12-20(4)32-29(24)37)14-26(33-27)22-7-5-6-21(13-22)17-34-8-10-38-11-9-34/h5-7,12-14,16,18H,8-11,15,17H2,1-4H3,(H,30,36)(H,32,37). The zero-order valence-electron chi connectivity index (χ0n) is 22.4. The van der Waals surface area contributed by atoms with Crippen molar-refractivity contribution in [1.29, 1.82) is 0 Å². The van der Waals surface area contributed by atoms with Crippen LogP contribution in [0.3, 0.4) is 0 Å². The van der Waals surface area contributed by atoms with Crippen molar-refractivity contribution in [2.75, 3.05) is 26.3 Å². The van der Waals surface area contributed by atoms with Crippen molar-refractivity contribution in [3.05, 3.63) is 80.9 Å². The number of nitrogens with zero attached hydrogens (tertiary/aromatic N) is 4. The van der Waals surface area contributed by atoms with Gasteiger partial charge < -0.3 is 15.0 Å². The zero-order chi connectivity index (χ0) is 26.8. The number of H-pyrrole nitrogens is 1. The topological polar surface area (TPSA) is 105 Å². The van der Waals surface area contributed by atoms with Crippen LogP contribution >= 0.6 is 0 Å². The summed E-state index contributed by atoms with van der Waals surface area (Å²) in [4.78, 5) is 36.1. The minimum absolute atomic E-state index is 0.0765. The van der Waals surface area contributed by atoms with Gasteiger partial charge in [-0.3, -0.25) is 14.5 Å². The maximum absolute atomic E-state index is 13.5. The Hall–Kier alpha value is -3.82. The van der Waals surface area contributed by atoms with Crippen molar-refractivity contribution in [3.63, 3.8) is 0 Å². The summed E-state index contributed by atoms with van der Waals surface area (Å²) in [5, 5.41) is 8.15. The Morgan fingerprint density at radius 2 is 1.95 bits per heavy atom. The number of benzene rings is 1. The first kappa shape index (κ1) is 25.8. The van der Waals surface area contributed by atoms with E-state index in [1.165, 1.54) is 5.56 Å². The maximum atomic E-state index is 13.5. The van der Waals surface area contributed by atoms with Crippen molar-refractivity contribution < 1.29 is 9.53 Å². The highest BCUT2D eigenvalue weighted by atomic mass is 16.5. The molecule has 198 valence electrons. The van der Waals surface area contributed by atoms with Crippen LogP contribution in [0.5, 0.6) is 0 Å². The van der Waals surface area contributed by atoms with Gasteiger partial charge in [0.05, 0.1) is 36.1 Å². The van der Waals surface area contributed by atoms with Crippen LogP contribution < -0.4 is 10.9 Å². The van der Waals surface area contributed by atoms with E-state index in [9.17, 15) is 9.59 Å². The van der Waals surface area contributed by atoms with Crippen LogP contribution in [0.25, 0.3) is 22.3 Å². The molecule has 0 spiro atoms. The van der Waals surface area contributed by atoms with Gasteiger partial charge in [-0.05, 0) is 57.0 Å². The second kappa shape index (κ2) is 10.9. The molecule has 38 heavy (non-hydrogen) atoms. The molecule has 4 heterocycles. The third-order valence-corrected chi connectivity index (χ3v) is 6.95. The number of aromatic amines is 1. The van der Waals surface area contributed by atoms with E-state index in [1.54, 1.807) is 6.20 Å². The van der Waals surface area contributed by atoms with E-state index in [2.05, 4.69) is 32.4 Å². The van der Waals surface area contributed by atoms with Gasteiger partial charge in [0, 0.05) is 49.0 Å². The van der Waals surface area contributed by atoms with Gasteiger partial charge in [-0.1, -0.05) is 18.2 Å². The number of morpholine rings is 1. The predicted molar refractivity (Wildman–Crippen MR) is 147 cm³/mol. The summed E-state index contributed by atoms with van der Waals surface area (Å²) in [7, 11) is 0. The molecule has 5 rings (SSSR count). The minimum Gasteiger partial charge on any atom is -0.379 e. The third kappa shape index (κ3) is 5.39. The van der Waals surface area contributed by atoms with E-state index < -0.39 is 0 Å². The summed E-state index contributed by atoms with van der Waals surface area (Å²) >= 11 is 0. The quantitative estimate of drug-likeness (QED) is 0.389. The number of ether oxygens (including phenoxy) is 1. The van der Waals surface area contributed by atoms with Crippen LogP contribution in [0.2, 0.25) is 0 Å². The van der Waals surface area contributed by atoms with Crippen molar-refractivity contribution in [2.45, 2.75) is 46.8 Å². The summed E-state index contributed by atoms with van der Waals surface area (Å²) in [6.45, 7) is 12.1. The molecule has 0 aliphatic carbocycles. The molecule has 0 atom stereocenters. The maximum Gasteiger partial charge on any atom is 0.253 e. The van der Waals surface area contributed by atoms with Gasteiger partial charge in [0.25, 0.3) is 11.5 Å². The smallest absolute Gasteiger partial charge is 0.253 e. The molecular weight excluding hydrogens is 480 g/mol. The summed E-state index contributed by atoms with van der Waals surface area (Å²) in [6, 6.07) is 12.1. The van der Waals surface area contributed by atoms with Crippen molar-refractivity contribution >= 4 is 16.9 Å². The van der Waals surface area contributed by atoms with Crippen LogP contribution in [0, 0.1) is 13.8 Å². The number of rotatable bonds is 7. The van der Waals surface area contributed by atoms with E-state index in [-0.39, 0.29) is 24.1 Å². The van der Waals surface area contributed by atoms with E-state index >= 15 is 0 Å². The molecule has 1 aliphatic rings. The molecule has 2 N–H and O–H groups in total. The first-order valence-electron chi connectivity index (χ1n) is 13.1. The van der Waals surface area contributed by atoms with Gasteiger partial charge in [-0.25, -0.2) is 9.67 Å². The number of nitrogens with one attached hydrogen (secondary N) is 2. The summed E-state index contributed by atoms with van der Waals surface area (Å²) in [5.41, 5.74) is 5.96. The first-order chi connectivity index (χ1) is 18.3. The average molecular weight is 515 g/mol. The summed E-state index contributed by atoms with van der Waals surface area (Å²) < 4.78 is 7.31. The highest BCUT2D eigenvalue weighted by Crippen LogP contribution is 2.27. The van der Waals surface area contributed by atoms with Gasteiger partial charge in [0.1, 0.15) is 0 Å². The van der Waals surface area contributed by atoms with Crippen LogP contribution in [-0.4, -0.2) is 56.9 Å². The largest absolute Gasteiger partial charge is 0.379 e. The minimum atomic E-state index is -0.272. The van der Waals surface area contributed by atoms with Crippen LogP contribution in [0.1, 0.15) is 52.6 Å². The third-order valence-electron chi connectivity index (χ3n) is 6.95. The van der Waals surface area contributed by atoms with Crippen LogP contribution in [-0.2, 0) is 17.8 Å². The highest BCUT2D eigenvalue weighted by molar-refractivity contribution is 6.06. The normalized spacial score (nSPS) is 14.3. The van der Waals surface area contributed by atoms with Gasteiger partial charge in [-0.15, -0.1) is 0 Å². The molecule has 9 nitrogen and oxygen atoms in total. The monoisotopic (exact) mass is 514 g/mol. The number of hydrogen-bond donors (Lipinski definition) is 2. The SMILES string of the molecule is Cc1cc(C)c(CNC(=O)c2cc(-c3cccc(CN4CCOCC4)c3)nc3c2cnn3C(C)C)c(=O)[nH]1. The van der Waals surface area contributed by atoms with Gasteiger partial charge >= 0.3 is 0 Å². The Balaban J connectivity index is 1.49. The molecule has 9 heteroatoms. The molecule has 0 unspecified atom stereocenters. The average Bonchev–Trinajstić information content (AvgIpc) is 3.32. The van der Waals surface area contributed by atoms with Gasteiger partial charge in [0.2, 0.25) is 0 Å². The molecule has 1 aromatic carbocycles. The number of hydrogen-bond acceptors (Lipinski definition) is 6. The Bertz CT molecular complexity index is 1530. The van der Waals surface area contributed by atoms with E-state index in [0.717, 1.165) is 49.7 Å². The number of carbonyl (C=O) groups is 1. The fraction of sp³-hybridized carbons (Fsp3) is 0.379. The lowest BCUT2D eigenvalue weighted by Gasteiger charge is -2.26. The number of carbonyl (C=O) groups excluding carboxylic acids is 1. The molecule has 1 aliphatic heterocycles. The van der Waals surface area contributed by atoms with Gasteiger partial charge in [0.15, 0.2) is 5.65 Å². The Morgan fingerprint density at radius 1 is 1.16 bits per heavy atom. The van der Waals surface area contributed by atoms with E-state index in [0.29, 0.717) is 27.9 Å². The van der Waals surface area contributed by atoms with Crippen molar-refractivity contribution in [3.8, 4) is 11.3 Å². The molecule has 0 bridgehead atoms. The van der Waals surface area contributed by atoms with Crippen molar-refractivity contribution in [1.82, 2.24) is 30.0 Å². The lowest BCUT2D eigenvalue weighted by Crippen LogP contribution is -2.35. The number of fused-ring (bicyclic) bond motifs is 1. The lowest BCUT2D eigenvalue weighted by atomic mass is 10.0. The molecule has 0 saturated carbocycles. The number of amides is 1. The summed E-state index contributed by atoms with van der Waals surface area (Å²) in [6.07, 6.45) is 1.69. The van der Waals surface area contributed by atoms with Crippen LogP contribution in [0.4, 0.5) is 0 Å². The Morgan fingerprint density at radius 3 is 2.68 bits per heavy atom. The molecule has 1 saturated heterocycles. The highest BCUT2D eigenvalue weighted by Gasteiger charge is 2.20. The molecule has 0 radical (unpaired) electrons. The molecule has 1 fully saturated rings. The second-order valence-electron chi connectivity index (χ2n) is 10.2. The number of aromatic nitrogens is 4. The van der Waals surface area contributed by atoms with Gasteiger partial charge in [-0.2, -0.15) is 5.10 Å². The van der Waals surface area contributed by atoms with E-state index in [4.69, 9.17) is 9.72 Å². The Labute approximate surface area is 221 Å². The first-order valence-corrected chi connectivity index (χ1v) is 13.1. The molecular formula is C29H34N6O3. The summed E-state index contributed by atoms with van der Waals surface area (Å²) in [5.74, 6) is -0.272. The van der Waals surface area contributed by atoms with Crippen molar-refractivity contribution in [2.24, 2.45) is 0 Å². The number of pyridine rings is 2. The fourth-order valence-electron chi connectivity index (χ4n) is 4.94. The Kier molecular flexibility index (Phi) is 7.40. The number of aryl methyl sites for hydroxylation is 2. The zero-order valence-corrected chi connectivity index (χ0v) is 22.4. The van der Waals surface area contributed by atoms with E-state index in [1.807, 2.05) is 56.6 Å². The molecule has 1 amide bonds. The van der Waals surface area contributed by atoms with Crippen LogP contribution in [0.15, 0.2) is 47.4 Å². The fourth-order valence-corrected chi connectivity index (χ4v) is 4.94. The lowest BCUT2D eigenvalue weighted by molar-refractivity contribution is 0.0342. The molecule has 4 aromatic rings. The second-order valence-corrected chi connectivity index (χ2v) is 10.2. The predicted octanol–water partition coefficient (Wildman–Crippen LogP) is 3.75.